The molecule has 8 heteroatoms. The van der Waals surface area contributed by atoms with Crippen molar-refractivity contribution in [2.24, 2.45) is 5.10 Å². The number of hydrogen-bond acceptors (Lipinski definition) is 6. The van der Waals surface area contributed by atoms with E-state index in [1.165, 1.54) is 0 Å². The number of ether oxygens (including phenoxy) is 1. The summed E-state index contributed by atoms with van der Waals surface area (Å²) in [5, 5.41) is 7.79. The van der Waals surface area contributed by atoms with Gasteiger partial charge in [0.1, 0.15) is 11.4 Å². The van der Waals surface area contributed by atoms with Crippen LogP contribution in [0.3, 0.4) is 0 Å². The Balaban J connectivity index is 1.61. The van der Waals surface area contributed by atoms with E-state index in [1.54, 1.807) is 3.97 Å². The molecule has 0 bridgehead atoms. The highest BCUT2D eigenvalue weighted by atomic mass is 32.2. The number of fused-ring (bicyclic) bond motifs is 2. The van der Waals surface area contributed by atoms with E-state index in [-0.39, 0.29) is 5.60 Å². The number of para-hydroxylation sites is 1. The summed E-state index contributed by atoms with van der Waals surface area (Å²) in [6.45, 7) is 13.5. The standard InChI is InChI=1S/C34H40N4O3S/c1-23-24(2)33(25(3)27-16-17-34(4,5)41-32(23)27)42(39,40)38-30-15-11-10-14-28(30)29(31(38)26-12-8-7-9-13-26)22-35-37-20-18-36(6)19-21-37/h7-15,22H,16-21H2,1-6H3. The normalized spacial score (nSPS) is 17.5. The number of rotatable bonds is 5. The van der Waals surface area contributed by atoms with Crippen molar-refractivity contribution in [1.29, 1.82) is 0 Å². The Kier molecular flexibility index (Phi) is 7.18. The molecule has 0 spiro atoms. The lowest BCUT2D eigenvalue weighted by Gasteiger charge is -2.35. The first-order chi connectivity index (χ1) is 20.0. The van der Waals surface area contributed by atoms with E-state index < -0.39 is 10.0 Å². The molecule has 3 aromatic carbocycles. The van der Waals surface area contributed by atoms with Gasteiger partial charge in [-0.2, -0.15) is 5.10 Å². The van der Waals surface area contributed by atoms with E-state index in [0.29, 0.717) is 16.1 Å². The summed E-state index contributed by atoms with van der Waals surface area (Å²) < 4.78 is 38.1. The maximum Gasteiger partial charge on any atom is 0.269 e. The molecule has 0 amide bonds. The van der Waals surface area contributed by atoms with Gasteiger partial charge < -0.3 is 9.64 Å². The fourth-order valence-corrected chi connectivity index (χ4v) is 8.46. The number of likely N-dealkylation sites (N-methyl/N-ethyl adjacent to an activating group) is 1. The first-order valence-corrected chi connectivity index (χ1v) is 16.2. The summed E-state index contributed by atoms with van der Waals surface area (Å²) >= 11 is 0. The van der Waals surface area contributed by atoms with Gasteiger partial charge in [-0.05, 0) is 88.4 Å². The van der Waals surface area contributed by atoms with Gasteiger partial charge in [0, 0.05) is 37.1 Å². The summed E-state index contributed by atoms with van der Waals surface area (Å²) in [6.07, 6.45) is 3.46. The zero-order valence-corrected chi connectivity index (χ0v) is 26.3. The average Bonchev–Trinajstić information content (AvgIpc) is 3.31. The molecule has 0 radical (unpaired) electrons. The zero-order valence-electron chi connectivity index (χ0n) is 25.4. The SMILES string of the molecule is Cc1c(C)c(S(=O)(=O)n2c(-c3ccccc3)c(C=NN3CCN(C)CC3)c3ccccc32)c(C)c2c1OC(C)(C)CC2. The van der Waals surface area contributed by atoms with Gasteiger partial charge in [-0.3, -0.25) is 5.01 Å². The van der Waals surface area contributed by atoms with Crippen LogP contribution < -0.4 is 4.74 Å². The predicted molar refractivity (Wildman–Crippen MR) is 170 cm³/mol. The van der Waals surface area contributed by atoms with E-state index in [9.17, 15) is 0 Å². The molecule has 6 rings (SSSR count). The minimum absolute atomic E-state index is 0.286. The molecule has 7 nitrogen and oxygen atoms in total. The Morgan fingerprint density at radius 1 is 0.881 bits per heavy atom. The van der Waals surface area contributed by atoms with Gasteiger partial charge in [0.15, 0.2) is 0 Å². The third-order valence-electron chi connectivity index (χ3n) is 8.91. The molecule has 0 atom stereocenters. The molecule has 0 N–H and O–H groups in total. The van der Waals surface area contributed by atoms with Gasteiger partial charge >= 0.3 is 0 Å². The molecule has 1 fully saturated rings. The molecule has 1 aromatic heterocycles. The Hall–Kier alpha value is -3.62. The lowest BCUT2D eigenvalue weighted by atomic mass is 9.88. The van der Waals surface area contributed by atoms with Crippen molar-refractivity contribution in [3.63, 3.8) is 0 Å². The molecular formula is C34H40N4O3S. The molecule has 2 aliphatic heterocycles. The van der Waals surface area contributed by atoms with Gasteiger partial charge in [-0.1, -0.05) is 48.5 Å². The lowest BCUT2D eigenvalue weighted by Crippen LogP contribution is -2.41. The largest absolute Gasteiger partial charge is 0.487 e. The van der Waals surface area contributed by atoms with E-state index in [0.717, 1.165) is 83.5 Å². The van der Waals surface area contributed by atoms with Gasteiger partial charge in [-0.25, -0.2) is 12.4 Å². The number of aromatic nitrogens is 1. The molecule has 0 unspecified atom stereocenters. The van der Waals surface area contributed by atoms with Crippen LogP contribution >= 0.6 is 0 Å². The number of piperazine rings is 1. The van der Waals surface area contributed by atoms with Crippen LogP contribution in [0.4, 0.5) is 0 Å². The Bertz CT molecular complexity index is 1800. The van der Waals surface area contributed by atoms with Crippen molar-refractivity contribution in [1.82, 2.24) is 13.9 Å². The van der Waals surface area contributed by atoms with Crippen molar-refractivity contribution >= 4 is 27.1 Å². The van der Waals surface area contributed by atoms with Crippen molar-refractivity contribution in [2.75, 3.05) is 33.2 Å². The average molecular weight is 585 g/mol. The highest BCUT2D eigenvalue weighted by Gasteiger charge is 2.36. The lowest BCUT2D eigenvalue weighted by molar-refractivity contribution is 0.0832. The first-order valence-electron chi connectivity index (χ1n) is 14.7. The molecule has 0 aliphatic carbocycles. The third kappa shape index (κ3) is 4.80. The molecule has 1 saturated heterocycles. The van der Waals surface area contributed by atoms with Crippen molar-refractivity contribution in [3.8, 4) is 17.0 Å². The quantitative estimate of drug-likeness (QED) is 0.263. The minimum Gasteiger partial charge on any atom is -0.487 e. The van der Waals surface area contributed by atoms with E-state index in [4.69, 9.17) is 9.84 Å². The highest BCUT2D eigenvalue weighted by molar-refractivity contribution is 7.90. The zero-order chi connectivity index (χ0) is 29.8. The maximum atomic E-state index is 15.1. The fourth-order valence-electron chi connectivity index (χ4n) is 6.36. The van der Waals surface area contributed by atoms with Crippen molar-refractivity contribution < 1.29 is 13.2 Å². The van der Waals surface area contributed by atoms with Gasteiger partial charge in [0.2, 0.25) is 0 Å². The number of nitrogens with zero attached hydrogens (tertiary/aromatic N) is 4. The number of hydrazone groups is 1. The summed E-state index contributed by atoms with van der Waals surface area (Å²) in [5.74, 6) is 0.834. The van der Waals surface area contributed by atoms with E-state index >= 15 is 8.42 Å². The molecule has 220 valence electrons. The Morgan fingerprint density at radius 2 is 1.55 bits per heavy atom. The maximum absolute atomic E-state index is 15.1. The highest BCUT2D eigenvalue weighted by Crippen LogP contribution is 2.44. The molecule has 42 heavy (non-hydrogen) atoms. The Labute approximate surface area is 249 Å². The van der Waals surface area contributed by atoms with Crippen LogP contribution in [-0.2, 0) is 16.4 Å². The van der Waals surface area contributed by atoms with E-state index in [2.05, 4.69) is 30.8 Å². The minimum atomic E-state index is -4.04. The topological polar surface area (TPSA) is 67.1 Å². The van der Waals surface area contributed by atoms with Crippen LogP contribution in [0.5, 0.6) is 5.75 Å². The molecule has 0 saturated carbocycles. The Morgan fingerprint density at radius 3 is 2.26 bits per heavy atom. The third-order valence-corrected chi connectivity index (χ3v) is 10.9. The summed E-state index contributed by atoms with van der Waals surface area (Å²) in [5.41, 5.74) is 5.99. The first kappa shape index (κ1) is 28.5. The van der Waals surface area contributed by atoms with Crippen LogP contribution in [0, 0.1) is 20.8 Å². The monoisotopic (exact) mass is 584 g/mol. The predicted octanol–water partition coefficient (Wildman–Crippen LogP) is 6.16. The second-order valence-corrected chi connectivity index (χ2v) is 14.0. The van der Waals surface area contributed by atoms with Crippen molar-refractivity contribution in [3.05, 3.63) is 82.4 Å². The van der Waals surface area contributed by atoms with Gasteiger partial charge in [0.05, 0.1) is 22.3 Å². The summed E-state index contributed by atoms with van der Waals surface area (Å²) in [6, 6.07) is 17.5. The summed E-state index contributed by atoms with van der Waals surface area (Å²) in [7, 11) is -1.92. The van der Waals surface area contributed by atoms with Gasteiger partial charge in [-0.15, -0.1) is 0 Å². The van der Waals surface area contributed by atoms with Crippen LogP contribution in [0.2, 0.25) is 0 Å². The van der Waals surface area contributed by atoms with Crippen LogP contribution in [0.1, 0.15) is 48.1 Å². The molecule has 2 aliphatic rings. The second-order valence-electron chi connectivity index (χ2n) is 12.3. The number of hydrogen-bond donors (Lipinski definition) is 0. The fraction of sp³-hybridized carbons (Fsp3) is 0.382. The molecular weight excluding hydrogens is 544 g/mol. The van der Waals surface area contributed by atoms with E-state index in [1.807, 2.05) is 81.6 Å². The second kappa shape index (κ2) is 10.6. The van der Waals surface area contributed by atoms with Crippen molar-refractivity contribution in [2.45, 2.75) is 58.0 Å². The van der Waals surface area contributed by atoms with Crippen LogP contribution in [-0.4, -0.2) is 67.3 Å². The van der Waals surface area contributed by atoms with Gasteiger partial charge in [0.25, 0.3) is 10.0 Å². The van der Waals surface area contributed by atoms with Crippen LogP contribution in [0.15, 0.2) is 64.6 Å². The smallest absolute Gasteiger partial charge is 0.269 e. The molecule has 4 aromatic rings. The molecule has 3 heterocycles. The van der Waals surface area contributed by atoms with Crippen LogP contribution in [0.25, 0.3) is 22.2 Å². The summed E-state index contributed by atoms with van der Waals surface area (Å²) in [4.78, 5) is 2.65. The number of benzene rings is 3.